The van der Waals surface area contributed by atoms with Crippen LogP contribution in [0, 0.1) is 0 Å². The minimum atomic E-state index is -4.44. The van der Waals surface area contributed by atoms with Crippen molar-refractivity contribution in [2.75, 3.05) is 6.26 Å². The largest absolute Gasteiger partial charge is 0.417 e. The van der Waals surface area contributed by atoms with E-state index in [4.69, 9.17) is 0 Å². The van der Waals surface area contributed by atoms with Crippen molar-refractivity contribution in [1.29, 1.82) is 0 Å². The molecule has 0 bridgehead atoms. The van der Waals surface area contributed by atoms with E-state index >= 15 is 0 Å². The van der Waals surface area contributed by atoms with E-state index in [1.54, 1.807) is 6.07 Å². The summed E-state index contributed by atoms with van der Waals surface area (Å²) < 4.78 is 60.1. The molecule has 0 aliphatic carbocycles. The fourth-order valence-electron chi connectivity index (χ4n) is 1.62. The van der Waals surface area contributed by atoms with Crippen molar-refractivity contribution >= 4 is 9.84 Å². The maximum atomic E-state index is 12.4. The molecule has 0 amide bonds. The summed E-state index contributed by atoms with van der Waals surface area (Å²) in [4.78, 5) is 3.82. The van der Waals surface area contributed by atoms with Gasteiger partial charge in [0, 0.05) is 18.0 Å². The molecule has 0 aliphatic heterocycles. The lowest BCUT2D eigenvalue weighted by Crippen LogP contribution is -2.05. The second-order valence-electron chi connectivity index (χ2n) is 4.23. The summed E-state index contributed by atoms with van der Waals surface area (Å²) in [6.45, 7) is 0. The molecule has 1 aromatic heterocycles. The summed E-state index contributed by atoms with van der Waals surface area (Å²) in [5.41, 5.74) is -0.120. The van der Waals surface area contributed by atoms with Gasteiger partial charge in [-0.05, 0) is 24.3 Å². The first kappa shape index (κ1) is 14.5. The predicted octanol–water partition coefficient (Wildman–Crippen LogP) is 3.17. The van der Waals surface area contributed by atoms with Gasteiger partial charge >= 0.3 is 6.18 Å². The Morgan fingerprint density at radius 1 is 1.10 bits per heavy atom. The monoisotopic (exact) mass is 301 g/mol. The number of halogens is 3. The molecule has 2 aromatic rings. The fraction of sp³-hybridized carbons (Fsp3) is 0.154. The SMILES string of the molecule is CS(=O)(=O)c1cccc(-c2ccc(C(F)(F)F)cn2)c1. The van der Waals surface area contributed by atoms with Crippen LogP contribution in [0.4, 0.5) is 13.2 Å². The van der Waals surface area contributed by atoms with Crippen molar-refractivity contribution in [1.82, 2.24) is 4.98 Å². The molecule has 20 heavy (non-hydrogen) atoms. The second-order valence-corrected chi connectivity index (χ2v) is 6.25. The first-order valence-electron chi connectivity index (χ1n) is 5.52. The summed E-state index contributed by atoms with van der Waals surface area (Å²) in [7, 11) is -3.37. The molecule has 0 N–H and O–H groups in total. The van der Waals surface area contributed by atoms with Crippen molar-refractivity contribution in [3.05, 3.63) is 48.2 Å². The summed E-state index contributed by atoms with van der Waals surface area (Å²) in [6.07, 6.45) is -2.66. The molecule has 0 saturated heterocycles. The van der Waals surface area contributed by atoms with E-state index in [0.717, 1.165) is 18.5 Å². The van der Waals surface area contributed by atoms with Crippen LogP contribution in [0.1, 0.15) is 5.56 Å². The number of aromatic nitrogens is 1. The molecule has 0 spiro atoms. The van der Waals surface area contributed by atoms with Gasteiger partial charge in [0.15, 0.2) is 9.84 Å². The Morgan fingerprint density at radius 3 is 2.30 bits per heavy atom. The van der Waals surface area contributed by atoms with E-state index in [1.165, 1.54) is 24.3 Å². The van der Waals surface area contributed by atoms with E-state index in [1.807, 2.05) is 0 Å². The highest BCUT2D eigenvalue weighted by atomic mass is 32.2. The summed E-state index contributed by atoms with van der Waals surface area (Å²) in [6, 6.07) is 8.03. The van der Waals surface area contributed by atoms with Gasteiger partial charge in [0.2, 0.25) is 0 Å². The summed E-state index contributed by atoms with van der Waals surface area (Å²) >= 11 is 0. The quantitative estimate of drug-likeness (QED) is 0.856. The number of nitrogens with zero attached hydrogens (tertiary/aromatic N) is 1. The standard InChI is InChI=1S/C13H10F3NO2S/c1-20(18,19)11-4-2-3-9(7-11)12-6-5-10(8-17-12)13(14,15)16/h2-8H,1H3. The highest BCUT2D eigenvalue weighted by Crippen LogP contribution is 2.30. The average Bonchev–Trinajstić information content (AvgIpc) is 2.37. The molecule has 3 nitrogen and oxygen atoms in total. The zero-order valence-corrected chi connectivity index (χ0v) is 11.2. The van der Waals surface area contributed by atoms with E-state index in [2.05, 4.69) is 4.98 Å². The summed E-state index contributed by atoms with van der Waals surface area (Å²) in [5.74, 6) is 0. The van der Waals surface area contributed by atoms with E-state index < -0.39 is 21.6 Å². The molecule has 0 aliphatic rings. The highest BCUT2D eigenvalue weighted by molar-refractivity contribution is 7.90. The first-order chi connectivity index (χ1) is 9.18. The van der Waals surface area contributed by atoms with Gasteiger partial charge in [-0.1, -0.05) is 12.1 Å². The van der Waals surface area contributed by atoms with Crippen LogP contribution in [0.5, 0.6) is 0 Å². The van der Waals surface area contributed by atoms with Crippen LogP contribution >= 0.6 is 0 Å². The number of pyridine rings is 1. The molecule has 1 heterocycles. The van der Waals surface area contributed by atoms with Gasteiger partial charge in [-0.3, -0.25) is 4.98 Å². The second kappa shape index (κ2) is 4.90. The van der Waals surface area contributed by atoms with Gasteiger partial charge in [0.1, 0.15) is 0 Å². The Labute approximate surface area is 114 Å². The van der Waals surface area contributed by atoms with Gasteiger partial charge in [-0.25, -0.2) is 8.42 Å². The Balaban J connectivity index is 2.43. The molecule has 0 fully saturated rings. The number of hydrogen-bond acceptors (Lipinski definition) is 3. The van der Waals surface area contributed by atoms with Crippen LogP contribution in [0.3, 0.4) is 0 Å². The topological polar surface area (TPSA) is 47.0 Å². The first-order valence-corrected chi connectivity index (χ1v) is 7.41. The van der Waals surface area contributed by atoms with Gasteiger partial charge in [0.05, 0.1) is 16.2 Å². The Kier molecular flexibility index (Phi) is 3.56. The number of benzene rings is 1. The molecule has 7 heteroatoms. The Bertz CT molecular complexity index is 722. The molecule has 1 aromatic carbocycles. The normalized spacial score (nSPS) is 12.4. The maximum Gasteiger partial charge on any atom is 0.417 e. The minimum absolute atomic E-state index is 0.0942. The Morgan fingerprint density at radius 2 is 1.80 bits per heavy atom. The van der Waals surface area contributed by atoms with Crippen LogP contribution in [0.25, 0.3) is 11.3 Å². The third kappa shape index (κ3) is 3.16. The molecule has 0 unspecified atom stereocenters. The van der Waals surface area contributed by atoms with Crippen LogP contribution in [0.2, 0.25) is 0 Å². The Hall–Kier alpha value is -1.89. The summed E-state index contributed by atoms with van der Waals surface area (Å²) in [5, 5.41) is 0. The zero-order valence-electron chi connectivity index (χ0n) is 10.3. The van der Waals surface area contributed by atoms with Crippen molar-refractivity contribution in [3.8, 4) is 11.3 Å². The highest BCUT2D eigenvalue weighted by Gasteiger charge is 2.30. The van der Waals surface area contributed by atoms with Crippen LogP contribution in [0.15, 0.2) is 47.5 Å². The van der Waals surface area contributed by atoms with Gasteiger partial charge in [-0.15, -0.1) is 0 Å². The predicted molar refractivity (Wildman–Crippen MR) is 67.8 cm³/mol. The lowest BCUT2D eigenvalue weighted by Gasteiger charge is -2.07. The van der Waals surface area contributed by atoms with E-state index in [-0.39, 0.29) is 10.6 Å². The van der Waals surface area contributed by atoms with Crippen LogP contribution < -0.4 is 0 Å². The van der Waals surface area contributed by atoms with E-state index in [9.17, 15) is 21.6 Å². The van der Waals surface area contributed by atoms with E-state index in [0.29, 0.717) is 5.56 Å². The van der Waals surface area contributed by atoms with Gasteiger partial charge < -0.3 is 0 Å². The maximum absolute atomic E-state index is 12.4. The third-order valence-electron chi connectivity index (χ3n) is 2.65. The zero-order chi connectivity index (χ0) is 15.0. The number of sulfone groups is 1. The van der Waals surface area contributed by atoms with Gasteiger partial charge in [0.25, 0.3) is 0 Å². The van der Waals surface area contributed by atoms with Gasteiger partial charge in [-0.2, -0.15) is 13.2 Å². The number of rotatable bonds is 2. The fourth-order valence-corrected chi connectivity index (χ4v) is 2.29. The molecule has 2 rings (SSSR count). The molecule has 0 atom stereocenters. The molecular formula is C13H10F3NO2S. The van der Waals surface area contributed by atoms with Crippen molar-refractivity contribution in [3.63, 3.8) is 0 Å². The van der Waals surface area contributed by atoms with Crippen molar-refractivity contribution < 1.29 is 21.6 Å². The molecule has 106 valence electrons. The molecular weight excluding hydrogens is 291 g/mol. The average molecular weight is 301 g/mol. The van der Waals surface area contributed by atoms with Crippen LogP contribution in [-0.4, -0.2) is 19.7 Å². The minimum Gasteiger partial charge on any atom is -0.256 e. The number of alkyl halides is 3. The lowest BCUT2D eigenvalue weighted by molar-refractivity contribution is -0.137. The van der Waals surface area contributed by atoms with Crippen molar-refractivity contribution in [2.24, 2.45) is 0 Å². The third-order valence-corrected chi connectivity index (χ3v) is 3.76. The van der Waals surface area contributed by atoms with Crippen LogP contribution in [-0.2, 0) is 16.0 Å². The van der Waals surface area contributed by atoms with Crippen molar-refractivity contribution in [2.45, 2.75) is 11.1 Å². The smallest absolute Gasteiger partial charge is 0.256 e. The molecule has 0 radical (unpaired) electrons. The lowest BCUT2D eigenvalue weighted by atomic mass is 10.1. The molecule has 0 saturated carbocycles. The number of hydrogen-bond donors (Lipinski definition) is 0.